The van der Waals surface area contributed by atoms with Crippen molar-refractivity contribution in [1.29, 1.82) is 0 Å². The van der Waals surface area contributed by atoms with Crippen molar-refractivity contribution in [3.05, 3.63) is 101 Å². The van der Waals surface area contributed by atoms with E-state index in [1.807, 2.05) is 60.7 Å². The Morgan fingerprint density at radius 1 is 0.750 bits per heavy atom. The number of hydrogen-bond donors (Lipinski definition) is 0. The van der Waals surface area contributed by atoms with Gasteiger partial charge in [-0.05, 0) is 41.8 Å². The average molecular weight is 432 g/mol. The molecule has 3 aromatic rings. The van der Waals surface area contributed by atoms with Crippen LogP contribution in [0.3, 0.4) is 0 Å². The van der Waals surface area contributed by atoms with Crippen molar-refractivity contribution < 1.29 is 9.59 Å². The molecule has 2 amide bonds. The molecule has 1 aliphatic carbocycles. The van der Waals surface area contributed by atoms with Crippen LogP contribution in [0.2, 0.25) is 0 Å². The lowest BCUT2D eigenvalue weighted by atomic mass is 9.79. The lowest BCUT2D eigenvalue weighted by molar-refractivity contribution is -0.123. The molecule has 0 aromatic heterocycles. The molecule has 3 aromatic carbocycles. The van der Waals surface area contributed by atoms with Gasteiger partial charge in [0.2, 0.25) is 11.8 Å². The van der Waals surface area contributed by atoms with Crippen LogP contribution in [0.25, 0.3) is 0 Å². The number of amides is 2. The maximum atomic E-state index is 13.6. The van der Waals surface area contributed by atoms with Crippen molar-refractivity contribution in [3.63, 3.8) is 0 Å². The van der Waals surface area contributed by atoms with Crippen LogP contribution in [-0.4, -0.2) is 11.8 Å². The van der Waals surface area contributed by atoms with Gasteiger partial charge in [-0.25, -0.2) is 0 Å². The molecule has 2 aliphatic rings. The van der Waals surface area contributed by atoms with E-state index in [2.05, 4.69) is 40.2 Å². The topological polar surface area (TPSA) is 37.4 Å². The van der Waals surface area contributed by atoms with E-state index in [-0.39, 0.29) is 18.2 Å². The molecule has 3 nitrogen and oxygen atoms in total. The zero-order valence-corrected chi connectivity index (χ0v) is 16.7. The van der Waals surface area contributed by atoms with Crippen molar-refractivity contribution in [1.82, 2.24) is 0 Å². The Bertz CT molecular complexity index is 1020. The van der Waals surface area contributed by atoms with Crippen LogP contribution in [0.1, 0.15) is 24.0 Å². The molecular weight excluding hydrogens is 414 g/mol. The van der Waals surface area contributed by atoms with Crippen molar-refractivity contribution in [2.75, 3.05) is 4.90 Å². The minimum absolute atomic E-state index is 0.0903. The summed E-state index contributed by atoms with van der Waals surface area (Å²) in [4.78, 5) is 28.0. The fraction of sp³-hybridized carbons (Fsp3) is 0.167. The maximum Gasteiger partial charge on any atom is 0.241 e. The summed E-state index contributed by atoms with van der Waals surface area (Å²) < 4.78 is 0.916. The summed E-state index contributed by atoms with van der Waals surface area (Å²) in [5.41, 5.74) is 1.67. The maximum absolute atomic E-state index is 13.6. The van der Waals surface area contributed by atoms with Gasteiger partial charge >= 0.3 is 0 Å². The number of hydrogen-bond acceptors (Lipinski definition) is 2. The Morgan fingerprint density at radius 2 is 1.29 bits per heavy atom. The van der Waals surface area contributed by atoms with Crippen LogP contribution < -0.4 is 4.90 Å². The second-order valence-corrected chi connectivity index (χ2v) is 8.50. The highest BCUT2D eigenvalue weighted by atomic mass is 79.9. The van der Waals surface area contributed by atoms with E-state index in [1.54, 1.807) is 0 Å². The molecule has 1 saturated heterocycles. The van der Waals surface area contributed by atoms with E-state index in [0.717, 1.165) is 15.6 Å². The Hall–Kier alpha value is -2.72. The molecule has 1 atom stereocenters. The van der Waals surface area contributed by atoms with Gasteiger partial charge in [-0.2, -0.15) is 0 Å². The molecule has 1 unspecified atom stereocenters. The number of nitrogens with zero attached hydrogens (tertiary/aromatic N) is 1. The summed E-state index contributed by atoms with van der Waals surface area (Å²) in [6.45, 7) is 0. The summed E-state index contributed by atoms with van der Waals surface area (Å²) in [6, 6.07) is 27.6. The van der Waals surface area contributed by atoms with Crippen molar-refractivity contribution in [2.45, 2.75) is 18.3 Å². The SMILES string of the molecule is O=C1CC2(CC2(c2ccccc2)c2ccccc2)C(=O)N1c1ccc(Br)cc1. The highest BCUT2D eigenvalue weighted by molar-refractivity contribution is 9.10. The lowest BCUT2D eigenvalue weighted by Gasteiger charge is -2.23. The molecule has 5 rings (SSSR count). The second-order valence-electron chi connectivity index (χ2n) is 7.58. The predicted octanol–water partition coefficient (Wildman–Crippen LogP) is 5.09. The second kappa shape index (κ2) is 6.14. The summed E-state index contributed by atoms with van der Waals surface area (Å²) >= 11 is 3.41. The summed E-state index contributed by atoms with van der Waals surface area (Å²) in [5.74, 6) is -0.214. The van der Waals surface area contributed by atoms with Crippen molar-refractivity contribution >= 4 is 33.4 Å². The highest BCUT2D eigenvalue weighted by Gasteiger charge is 2.77. The first-order chi connectivity index (χ1) is 13.6. The molecular formula is C24H18BrNO2. The Balaban J connectivity index is 1.63. The first-order valence-electron chi connectivity index (χ1n) is 9.32. The summed E-state index contributed by atoms with van der Waals surface area (Å²) in [5, 5.41) is 0. The molecule has 2 fully saturated rings. The first kappa shape index (κ1) is 17.4. The third-order valence-corrected chi connectivity index (χ3v) is 6.72. The van der Waals surface area contributed by atoms with Crippen LogP contribution in [0, 0.1) is 5.41 Å². The number of imide groups is 1. The zero-order chi connectivity index (χ0) is 19.4. The van der Waals surface area contributed by atoms with Crippen molar-refractivity contribution in [3.8, 4) is 0 Å². The van der Waals surface area contributed by atoms with Crippen LogP contribution in [-0.2, 0) is 15.0 Å². The normalized spacial score (nSPS) is 22.7. The van der Waals surface area contributed by atoms with Crippen LogP contribution in [0.4, 0.5) is 5.69 Å². The van der Waals surface area contributed by atoms with Gasteiger partial charge in [-0.3, -0.25) is 14.5 Å². The number of carbonyl (C=O) groups excluding carboxylic acids is 2. The molecule has 0 N–H and O–H groups in total. The van der Waals surface area contributed by atoms with Gasteiger partial charge in [0, 0.05) is 16.3 Å². The predicted molar refractivity (Wildman–Crippen MR) is 112 cm³/mol. The summed E-state index contributed by atoms with van der Waals surface area (Å²) in [6.07, 6.45) is 0.900. The third kappa shape index (κ3) is 2.27. The Kier molecular flexibility index (Phi) is 3.81. The molecule has 4 heteroatoms. The lowest BCUT2D eigenvalue weighted by Crippen LogP contribution is -2.33. The molecule has 1 saturated carbocycles. The summed E-state index contributed by atoms with van der Waals surface area (Å²) in [7, 11) is 0. The van der Waals surface area contributed by atoms with Gasteiger partial charge in [0.05, 0.1) is 11.1 Å². The van der Waals surface area contributed by atoms with E-state index < -0.39 is 10.8 Å². The monoisotopic (exact) mass is 431 g/mol. The van der Waals surface area contributed by atoms with E-state index in [4.69, 9.17) is 0 Å². The van der Waals surface area contributed by atoms with Crippen LogP contribution >= 0.6 is 15.9 Å². The minimum Gasteiger partial charge on any atom is -0.274 e. The number of halogens is 1. The van der Waals surface area contributed by atoms with E-state index in [9.17, 15) is 9.59 Å². The van der Waals surface area contributed by atoms with Gasteiger partial charge < -0.3 is 0 Å². The fourth-order valence-electron chi connectivity index (χ4n) is 4.84. The Labute approximate surface area is 172 Å². The van der Waals surface area contributed by atoms with Crippen molar-refractivity contribution in [2.24, 2.45) is 5.41 Å². The molecule has 1 aliphatic heterocycles. The molecule has 28 heavy (non-hydrogen) atoms. The minimum atomic E-state index is -0.708. The molecule has 0 bridgehead atoms. The van der Waals surface area contributed by atoms with Gasteiger partial charge in [0.25, 0.3) is 0 Å². The van der Waals surface area contributed by atoms with Crippen LogP contribution in [0.5, 0.6) is 0 Å². The fourth-order valence-corrected chi connectivity index (χ4v) is 5.10. The smallest absolute Gasteiger partial charge is 0.241 e. The van der Waals surface area contributed by atoms with E-state index in [0.29, 0.717) is 12.1 Å². The van der Waals surface area contributed by atoms with E-state index in [1.165, 1.54) is 4.90 Å². The quantitative estimate of drug-likeness (QED) is 0.541. The van der Waals surface area contributed by atoms with Gasteiger partial charge in [0.1, 0.15) is 0 Å². The average Bonchev–Trinajstić information content (AvgIpc) is 3.34. The first-order valence-corrected chi connectivity index (χ1v) is 10.1. The van der Waals surface area contributed by atoms with Gasteiger partial charge in [-0.15, -0.1) is 0 Å². The standard InChI is InChI=1S/C24H18BrNO2/c25-19-11-13-20(14-12-19)26-21(27)15-23(22(26)28)16-24(23,17-7-3-1-4-8-17)18-9-5-2-6-10-18/h1-14H,15-16H2. The number of carbonyl (C=O) groups is 2. The molecule has 1 heterocycles. The molecule has 1 spiro atoms. The number of rotatable bonds is 3. The highest BCUT2D eigenvalue weighted by Crippen LogP contribution is 2.72. The zero-order valence-electron chi connectivity index (χ0n) is 15.1. The van der Waals surface area contributed by atoms with Gasteiger partial charge in [-0.1, -0.05) is 76.6 Å². The largest absolute Gasteiger partial charge is 0.274 e. The van der Waals surface area contributed by atoms with Crippen LogP contribution in [0.15, 0.2) is 89.4 Å². The molecule has 0 radical (unpaired) electrons. The van der Waals surface area contributed by atoms with Gasteiger partial charge in [0.15, 0.2) is 0 Å². The Morgan fingerprint density at radius 3 is 1.82 bits per heavy atom. The number of benzene rings is 3. The third-order valence-electron chi connectivity index (χ3n) is 6.19. The van der Waals surface area contributed by atoms with E-state index >= 15 is 0 Å². The number of anilines is 1. The molecule has 138 valence electrons.